The number of methoxy groups -OCH3 is 1. The first-order valence-electron chi connectivity index (χ1n) is 5.56. The van der Waals surface area contributed by atoms with Crippen LogP contribution >= 0.6 is 12.2 Å². The van der Waals surface area contributed by atoms with Crippen molar-refractivity contribution in [2.24, 2.45) is 5.41 Å². The summed E-state index contributed by atoms with van der Waals surface area (Å²) in [6.07, 6.45) is 1.10. The number of hydrogen-bond donors (Lipinski definition) is 1. The SMILES string of the molecule is COC(=O)c1c(C)[nH]c(C2CC2(C)C)nc1=S. The summed E-state index contributed by atoms with van der Waals surface area (Å²) in [5.41, 5.74) is 1.38. The van der Waals surface area contributed by atoms with Gasteiger partial charge in [0.1, 0.15) is 16.0 Å². The number of nitrogens with one attached hydrogen (secondary N) is 1. The lowest BCUT2D eigenvalue weighted by Crippen LogP contribution is -2.10. The van der Waals surface area contributed by atoms with Crippen molar-refractivity contribution in [3.8, 4) is 0 Å². The second kappa shape index (κ2) is 3.91. The molecule has 5 heteroatoms. The van der Waals surface area contributed by atoms with Crippen LogP contribution in [0.1, 0.15) is 48.1 Å². The number of nitrogens with zero attached hydrogens (tertiary/aromatic N) is 1. The summed E-state index contributed by atoms with van der Waals surface area (Å²) < 4.78 is 5.01. The fourth-order valence-electron chi connectivity index (χ4n) is 2.05. The van der Waals surface area contributed by atoms with Crippen LogP contribution in [0.15, 0.2) is 0 Å². The lowest BCUT2D eigenvalue weighted by Gasteiger charge is -2.08. The van der Waals surface area contributed by atoms with E-state index in [1.165, 1.54) is 7.11 Å². The molecule has 1 unspecified atom stereocenters. The first-order chi connectivity index (χ1) is 7.86. The second-order valence-electron chi connectivity index (χ2n) is 5.16. The maximum Gasteiger partial charge on any atom is 0.342 e. The molecule has 0 aromatic carbocycles. The highest BCUT2D eigenvalue weighted by molar-refractivity contribution is 7.71. The van der Waals surface area contributed by atoms with Crippen LogP contribution in [0.3, 0.4) is 0 Å². The third-order valence-corrected chi connectivity index (χ3v) is 3.65. The largest absolute Gasteiger partial charge is 0.465 e. The Morgan fingerprint density at radius 2 is 2.18 bits per heavy atom. The zero-order valence-corrected chi connectivity index (χ0v) is 11.3. The normalized spacial score (nSPS) is 21.1. The van der Waals surface area contributed by atoms with Crippen LogP contribution in [0, 0.1) is 17.0 Å². The Morgan fingerprint density at radius 1 is 1.59 bits per heavy atom. The molecule has 0 saturated heterocycles. The fraction of sp³-hybridized carbons (Fsp3) is 0.583. The maximum atomic E-state index is 11.5. The van der Waals surface area contributed by atoms with Gasteiger partial charge in [0, 0.05) is 11.6 Å². The highest BCUT2D eigenvalue weighted by atomic mass is 32.1. The topological polar surface area (TPSA) is 55.0 Å². The van der Waals surface area contributed by atoms with Gasteiger partial charge in [-0.05, 0) is 18.8 Å². The van der Waals surface area contributed by atoms with Crippen LogP contribution in [0.5, 0.6) is 0 Å². The van der Waals surface area contributed by atoms with Gasteiger partial charge in [-0.1, -0.05) is 26.1 Å². The lowest BCUT2D eigenvalue weighted by atomic mass is 10.1. The summed E-state index contributed by atoms with van der Waals surface area (Å²) >= 11 is 5.16. The van der Waals surface area contributed by atoms with Crippen molar-refractivity contribution in [3.05, 3.63) is 21.7 Å². The van der Waals surface area contributed by atoms with E-state index in [0.29, 0.717) is 16.1 Å². The predicted octanol–water partition coefficient (Wildman–Crippen LogP) is 2.75. The summed E-state index contributed by atoms with van der Waals surface area (Å²) in [6.45, 7) is 6.21. The number of ether oxygens (including phenoxy) is 1. The zero-order chi connectivity index (χ0) is 12.8. The fourth-order valence-corrected chi connectivity index (χ4v) is 2.38. The Bertz CT molecular complexity index is 534. The standard InChI is InChI=1S/C12H16N2O2S/c1-6-8(11(15)16-4)10(17)14-9(13-6)7-5-12(7,2)3/h7H,5H2,1-4H3,(H,13,14,17). The van der Waals surface area contributed by atoms with Crippen LogP contribution in [0.4, 0.5) is 0 Å². The molecule has 1 heterocycles. The monoisotopic (exact) mass is 252 g/mol. The maximum absolute atomic E-state index is 11.5. The molecule has 0 bridgehead atoms. The highest BCUT2D eigenvalue weighted by Crippen LogP contribution is 2.57. The van der Waals surface area contributed by atoms with Crippen LogP contribution < -0.4 is 0 Å². The molecule has 1 aromatic rings. The predicted molar refractivity (Wildman–Crippen MR) is 66.6 cm³/mol. The van der Waals surface area contributed by atoms with Crippen LogP contribution in [0.25, 0.3) is 0 Å². The summed E-state index contributed by atoms with van der Waals surface area (Å²) in [5, 5.41) is 0. The Morgan fingerprint density at radius 3 is 2.59 bits per heavy atom. The Hall–Kier alpha value is -1.23. The molecule has 92 valence electrons. The van der Waals surface area contributed by atoms with Crippen LogP contribution in [-0.2, 0) is 4.74 Å². The minimum atomic E-state index is -0.433. The van der Waals surface area contributed by atoms with Gasteiger partial charge in [0.25, 0.3) is 0 Å². The smallest absolute Gasteiger partial charge is 0.342 e. The van der Waals surface area contributed by atoms with E-state index in [1.807, 2.05) is 6.92 Å². The average molecular weight is 252 g/mol. The number of carbonyl (C=O) groups excluding carboxylic acids is 1. The van der Waals surface area contributed by atoms with Gasteiger partial charge < -0.3 is 9.72 Å². The molecule has 0 aliphatic heterocycles. The molecule has 1 saturated carbocycles. The molecule has 1 aliphatic carbocycles. The van der Waals surface area contributed by atoms with Gasteiger partial charge in [-0.2, -0.15) is 0 Å². The third kappa shape index (κ3) is 2.11. The second-order valence-corrected chi connectivity index (χ2v) is 5.55. The molecule has 0 spiro atoms. The van der Waals surface area contributed by atoms with Gasteiger partial charge in [-0.15, -0.1) is 0 Å². The first-order valence-corrected chi connectivity index (χ1v) is 5.97. The van der Waals surface area contributed by atoms with Gasteiger partial charge >= 0.3 is 5.97 Å². The zero-order valence-electron chi connectivity index (χ0n) is 10.5. The number of esters is 1. The van der Waals surface area contributed by atoms with Crippen molar-refractivity contribution >= 4 is 18.2 Å². The van der Waals surface area contributed by atoms with Crippen molar-refractivity contribution in [2.45, 2.75) is 33.1 Å². The van der Waals surface area contributed by atoms with Crippen molar-refractivity contribution in [2.75, 3.05) is 7.11 Å². The number of aryl methyl sites for hydroxylation is 1. The number of carbonyl (C=O) groups is 1. The minimum absolute atomic E-state index is 0.282. The van der Waals surface area contributed by atoms with Gasteiger partial charge in [-0.3, -0.25) is 0 Å². The van der Waals surface area contributed by atoms with E-state index < -0.39 is 5.97 Å². The molecular formula is C12H16N2O2S. The molecular weight excluding hydrogens is 236 g/mol. The highest BCUT2D eigenvalue weighted by Gasteiger charge is 2.48. The summed E-state index contributed by atoms with van der Waals surface area (Å²) in [4.78, 5) is 19.0. The van der Waals surface area contributed by atoms with E-state index >= 15 is 0 Å². The van der Waals surface area contributed by atoms with Crippen molar-refractivity contribution in [1.82, 2.24) is 9.97 Å². The van der Waals surface area contributed by atoms with E-state index in [-0.39, 0.29) is 5.41 Å². The van der Waals surface area contributed by atoms with Crippen LogP contribution in [-0.4, -0.2) is 23.0 Å². The van der Waals surface area contributed by atoms with Gasteiger partial charge in [0.15, 0.2) is 0 Å². The minimum Gasteiger partial charge on any atom is -0.465 e. The van der Waals surface area contributed by atoms with E-state index in [1.54, 1.807) is 0 Å². The Labute approximate surface area is 105 Å². The number of aromatic nitrogens is 2. The summed E-state index contributed by atoms with van der Waals surface area (Å²) in [7, 11) is 1.34. The quantitative estimate of drug-likeness (QED) is 0.649. The van der Waals surface area contributed by atoms with Gasteiger partial charge in [0.2, 0.25) is 0 Å². The van der Waals surface area contributed by atoms with Gasteiger partial charge in [0.05, 0.1) is 7.11 Å². The number of H-pyrrole nitrogens is 1. The molecule has 2 rings (SSSR count). The molecule has 1 aliphatic rings. The van der Waals surface area contributed by atoms with E-state index in [0.717, 1.165) is 17.9 Å². The van der Waals surface area contributed by atoms with Crippen molar-refractivity contribution in [1.29, 1.82) is 0 Å². The molecule has 1 fully saturated rings. The van der Waals surface area contributed by atoms with E-state index in [4.69, 9.17) is 12.2 Å². The molecule has 4 nitrogen and oxygen atoms in total. The van der Waals surface area contributed by atoms with E-state index in [9.17, 15) is 4.79 Å². The van der Waals surface area contributed by atoms with Crippen molar-refractivity contribution < 1.29 is 9.53 Å². The Balaban J connectivity index is 2.43. The molecule has 1 atom stereocenters. The number of hydrogen-bond acceptors (Lipinski definition) is 4. The molecule has 0 radical (unpaired) electrons. The number of rotatable bonds is 2. The van der Waals surface area contributed by atoms with Crippen molar-refractivity contribution in [3.63, 3.8) is 0 Å². The molecule has 17 heavy (non-hydrogen) atoms. The first kappa shape index (κ1) is 12.2. The molecule has 1 aromatic heterocycles. The van der Waals surface area contributed by atoms with Gasteiger partial charge in [-0.25, -0.2) is 9.78 Å². The van der Waals surface area contributed by atoms with Crippen LogP contribution in [0.2, 0.25) is 0 Å². The Kier molecular flexibility index (Phi) is 2.81. The van der Waals surface area contributed by atoms with E-state index in [2.05, 4.69) is 28.6 Å². The lowest BCUT2D eigenvalue weighted by molar-refractivity contribution is 0.0598. The summed E-state index contributed by atoms with van der Waals surface area (Å²) in [5.74, 6) is 0.859. The number of aromatic amines is 1. The average Bonchev–Trinajstić information content (AvgIpc) is 2.86. The molecule has 1 N–H and O–H groups in total. The summed E-state index contributed by atoms with van der Waals surface area (Å²) in [6, 6.07) is 0. The third-order valence-electron chi connectivity index (χ3n) is 3.36. The molecule has 0 amide bonds.